The third kappa shape index (κ3) is 4.48. The van der Waals surface area contributed by atoms with Crippen molar-refractivity contribution < 1.29 is 4.79 Å². The average Bonchev–Trinajstić information content (AvgIpc) is 2.78. The summed E-state index contributed by atoms with van der Waals surface area (Å²) >= 11 is 0. The lowest BCUT2D eigenvalue weighted by Gasteiger charge is -2.20. The van der Waals surface area contributed by atoms with Gasteiger partial charge in [0.1, 0.15) is 5.56 Å². The van der Waals surface area contributed by atoms with Crippen molar-refractivity contribution in [1.82, 2.24) is 4.57 Å². The number of carbonyl (C=O) groups excluding carboxylic acids is 1. The Hall–Kier alpha value is -3.92. The summed E-state index contributed by atoms with van der Waals surface area (Å²) in [4.78, 5) is 26.3. The topological polar surface area (TPSA) is 51.1 Å². The van der Waals surface area contributed by atoms with Crippen LogP contribution in [-0.2, 0) is 6.54 Å². The van der Waals surface area contributed by atoms with Crippen LogP contribution in [-0.4, -0.2) is 10.5 Å². The van der Waals surface area contributed by atoms with Gasteiger partial charge in [0.05, 0.1) is 5.69 Å². The van der Waals surface area contributed by atoms with Crippen molar-refractivity contribution in [3.63, 3.8) is 0 Å². The fraction of sp³-hybridized carbons (Fsp3) is 0.111. The number of nitrogens with zero attached hydrogens (tertiary/aromatic N) is 1. The molecule has 0 radical (unpaired) electrons. The Labute approximate surface area is 181 Å². The van der Waals surface area contributed by atoms with Crippen molar-refractivity contribution in [2.45, 2.75) is 20.4 Å². The van der Waals surface area contributed by atoms with Crippen molar-refractivity contribution in [3.8, 4) is 11.3 Å². The summed E-state index contributed by atoms with van der Waals surface area (Å²) in [5.41, 5.74) is 5.05. The fourth-order valence-electron chi connectivity index (χ4n) is 3.68. The van der Waals surface area contributed by atoms with Crippen LogP contribution in [0.25, 0.3) is 11.3 Å². The van der Waals surface area contributed by atoms with E-state index in [0.717, 1.165) is 16.8 Å². The smallest absolute Gasteiger partial charge is 0.261 e. The van der Waals surface area contributed by atoms with E-state index < -0.39 is 5.91 Å². The number of anilines is 1. The molecular weight excluding hydrogens is 384 g/mol. The first-order chi connectivity index (χ1) is 15.0. The van der Waals surface area contributed by atoms with Gasteiger partial charge in [-0.15, -0.1) is 0 Å². The summed E-state index contributed by atoms with van der Waals surface area (Å²) in [6, 6.07) is 28.6. The van der Waals surface area contributed by atoms with Gasteiger partial charge in [-0.25, -0.2) is 0 Å². The molecule has 0 saturated heterocycles. The van der Waals surface area contributed by atoms with Gasteiger partial charge in [0.25, 0.3) is 5.91 Å². The lowest BCUT2D eigenvalue weighted by atomic mass is 10.0. The van der Waals surface area contributed by atoms with E-state index in [2.05, 4.69) is 36.5 Å². The Morgan fingerprint density at radius 2 is 1.45 bits per heavy atom. The van der Waals surface area contributed by atoms with Crippen LogP contribution in [0.1, 0.15) is 27.2 Å². The summed E-state index contributed by atoms with van der Waals surface area (Å²) in [5.74, 6) is -0.410. The number of aryl methyl sites for hydroxylation is 2. The first kappa shape index (κ1) is 20.4. The minimum atomic E-state index is -0.410. The van der Waals surface area contributed by atoms with Crippen LogP contribution in [0.3, 0.4) is 0 Å². The highest BCUT2D eigenvalue weighted by molar-refractivity contribution is 6.08. The second kappa shape index (κ2) is 8.84. The molecule has 0 aliphatic carbocycles. The number of pyridine rings is 1. The van der Waals surface area contributed by atoms with Crippen LogP contribution in [0.5, 0.6) is 0 Å². The van der Waals surface area contributed by atoms with E-state index in [9.17, 15) is 9.59 Å². The third-order valence-corrected chi connectivity index (χ3v) is 5.29. The zero-order valence-electron chi connectivity index (χ0n) is 17.6. The third-order valence-electron chi connectivity index (χ3n) is 5.29. The first-order valence-corrected chi connectivity index (χ1v) is 10.2. The van der Waals surface area contributed by atoms with Crippen molar-refractivity contribution in [1.29, 1.82) is 0 Å². The van der Waals surface area contributed by atoms with Crippen LogP contribution in [0, 0.1) is 13.8 Å². The van der Waals surface area contributed by atoms with E-state index in [1.807, 2.05) is 60.0 Å². The maximum atomic E-state index is 13.3. The SMILES string of the molecule is Cc1ccc(Cn2c(C)cc(=O)c(C(=O)Nc3ccccc3)c2-c2ccccc2)cc1. The second-order valence-corrected chi connectivity index (χ2v) is 7.63. The van der Waals surface area contributed by atoms with E-state index in [1.165, 1.54) is 5.56 Å². The molecule has 0 fully saturated rings. The van der Waals surface area contributed by atoms with Gasteiger partial charge in [0.15, 0.2) is 5.43 Å². The maximum absolute atomic E-state index is 13.3. The monoisotopic (exact) mass is 408 g/mol. The normalized spacial score (nSPS) is 10.6. The zero-order valence-corrected chi connectivity index (χ0v) is 17.6. The minimum Gasteiger partial charge on any atom is -0.340 e. The van der Waals surface area contributed by atoms with Crippen molar-refractivity contribution in [2.24, 2.45) is 0 Å². The highest BCUT2D eigenvalue weighted by Crippen LogP contribution is 2.25. The fourth-order valence-corrected chi connectivity index (χ4v) is 3.68. The molecule has 31 heavy (non-hydrogen) atoms. The van der Waals surface area contributed by atoms with Crippen LogP contribution < -0.4 is 10.7 Å². The van der Waals surface area contributed by atoms with Gasteiger partial charge in [-0.1, -0.05) is 78.4 Å². The van der Waals surface area contributed by atoms with E-state index in [-0.39, 0.29) is 11.0 Å². The van der Waals surface area contributed by atoms with Gasteiger partial charge in [-0.3, -0.25) is 9.59 Å². The molecule has 1 heterocycles. The number of benzene rings is 3. The lowest BCUT2D eigenvalue weighted by molar-refractivity contribution is 0.102. The van der Waals surface area contributed by atoms with E-state index in [1.54, 1.807) is 18.2 Å². The van der Waals surface area contributed by atoms with Crippen LogP contribution in [0.4, 0.5) is 5.69 Å². The van der Waals surface area contributed by atoms with Crippen molar-refractivity contribution in [2.75, 3.05) is 5.32 Å². The molecule has 1 aromatic heterocycles. The van der Waals surface area contributed by atoms with Gasteiger partial charge in [0, 0.05) is 24.0 Å². The molecule has 3 aromatic carbocycles. The van der Waals surface area contributed by atoms with Gasteiger partial charge in [-0.2, -0.15) is 0 Å². The van der Waals surface area contributed by atoms with E-state index in [4.69, 9.17) is 0 Å². The standard InChI is InChI=1S/C27H24N2O2/c1-19-13-15-21(16-14-19)18-29-20(2)17-24(30)25(26(29)22-9-5-3-6-10-22)27(31)28-23-11-7-4-8-12-23/h3-17H,18H2,1-2H3,(H,28,31). The van der Waals surface area contributed by atoms with Crippen LogP contribution >= 0.6 is 0 Å². The molecule has 4 aromatic rings. The number of amides is 1. The van der Waals surface area contributed by atoms with Crippen molar-refractivity contribution >= 4 is 11.6 Å². The average molecular weight is 409 g/mol. The quantitative estimate of drug-likeness (QED) is 0.478. The number of hydrogen-bond acceptors (Lipinski definition) is 2. The summed E-state index contributed by atoms with van der Waals surface area (Å²) in [6.07, 6.45) is 0. The molecule has 0 aliphatic rings. The molecule has 0 atom stereocenters. The lowest BCUT2D eigenvalue weighted by Crippen LogP contribution is -2.27. The Morgan fingerprint density at radius 1 is 0.839 bits per heavy atom. The van der Waals surface area contributed by atoms with Gasteiger partial charge in [-0.05, 0) is 37.1 Å². The predicted molar refractivity (Wildman–Crippen MR) is 126 cm³/mol. The highest BCUT2D eigenvalue weighted by atomic mass is 16.2. The summed E-state index contributed by atoms with van der Waals surface area (Å²) in [6.45, 7) is 4.51. The predicted octanol–water partition coefficient (Wildman–Crippen LogP) is 5.43. The molecule has 1 N–H and O–H groups in total. The Balaban J connectivity index is 1.88. The maximum Gasteiger partial charge on any atom is 0.261 e. The van der Waals surface area contributed by atoms with E-state index in [0.29, 0.717) is 17.9 Å². The minimum absolute atomic E-state index is 0.146. The number of aromatic nitrogens is 1. The van der Waals surface area contributed by atoms with Gasteiger partial charge >= 0.3 is 0 Å². The van der Waals surface area contributed by atoms with Crippen molar-refractivity contribution in [3.05, 3.63) is 124 Å². The molecular formula is C27H24N2O2. The highest BCUT2D eigenvalue weighted by Gasteiger charge is 2.22. The Morgan fingerprint density at radius 3 is 2.10 bits per heavy atom. The van der Waals surface area contributed by atoms with Crippen LogP contribution in [0.2, 0.25) is 0 Å². The number of nitrogens with one attached hydrogen (secondary N) is 1. The largest absolute Gasteiger partial charge is 0.340 e. The molecule has 4 heteroatoms. The number of hydrogen-bond donors (Lipinski definition) is 1. The number of carbonyl (C=O) groups is 1. The molecule has 154 valence electrons. The molecule has 0 unspecified atom stereocenters. The zero-order chi connectivity index (χ0) is 21.8. The summed E-state index contributed by atoms with van der Waals surface area (Å²) < 4.78 is 2.04. The summed E-state index contributed by atoms with van der Waals surface area (Å²) in [7, 11) is 0. The second-order valence-electron chi connectivity index (χ2n) is 7.63. The molecule has 0 aliphatic heterocycles. The number of para-hydroxylation sites is 1. The molecule has 4 rings (SSSR count). The van der Waals surface area contributed by atoms with E-state index >= 15 is 0 Å². The number of rotatable bonds is 5. The Bertz CT molecular complexity index is 1260. The summed E-state index contributed by atoms with van der Waals surface area (Å²) in [5, 5.41) is 2.87. The van der Waals surface area contributed by atoms with Gasteiger partial charge in [0.2, 0.25) is 0 Å². The first-order valence-electron chi connectivity index (χ1n) is 10.2. The molecule has 4 nitrogen and oxygen atoms in total. The molecule has 0 saturated carbocycles. The Kier molecular flexibility index (Phi) is 5.80. The molecule has 1 amide bonds. The molecule has 0 bridgehead atoms. The molecule has 0 spiro atoms. The van der Waals surface area contributed by atoms with Gasteiger partial charge < -0.3 is 9.88 Å². The van der Waals surface area contributed by atoms with Crippen LogP contribution in [0.15, 0.2) is 95.8 Å².